The molecule has 1 saturated heterocycles. The molecule has 0 unspecified atom stereocenters. The minimum atomic E-state index is -3.02. The highest BCUT2D eigenvalue weighted by molar-refractivity contribution is 7.91. The van der Waals surface area contributed by atoms with Crippen LogP contribution in [-0.4, -0.2) is 45.5 Å². The van der Waals surface area contributed by atoms with Gasteiger partial charge in [0.15, 0.2) is 9.84 Å². The number of rotatable bonds is 6. The van der Waals surface area contributed by atoms with E-state index in [9.17, 15) is 13.2 Å². The summed E-state index contributed by atoms with van der Waals surface area (Å²) in [5.74, 6) is 1.06. The maximum absolute atomic E-state index is 12.4. The van der Waals surface area contributed by atoms with Gasteiger partial charge in [-0.15, -0.1) is 0 Å². The van der Waals surface area contributed by atoms with Gasteiger partial charge in [0.05, 0.1) is 30.0 Å². The van der Waals surface area contributed by atoms with E-state index in [1.807, 2.05) is 17.9 Å². The Morgan fingerprint density at radius 1 is 1.41 bits per heavy atom. The molecule has 3 aromatic heterocycles. The summed E-state index contributed by atoms with van der Waals surface area (Å²) in [5, 5.41) is 5.11. The number of furan rings is 1. The quantitative estimate of drug-likeness (QED) is 0.609. The number of sulfone groups is 1. The number of aromatic nitrogens is 3. The van der Waals surface area contributed by atoms with Crippen molar-refractivity contribution in [2.75, 3.05) is 11.5 Å². The molecule has 1 aliphatic heterocycles. The normalized spacial score (nSPS) is 19.3. The van der Waals surface area contributed by atoms with E-state index in [0.29, 0.717) is 30.2 Å². The Kier molecular flexibility index (Phi) is 4.87. The molecule has 0 N–H and O–H groups in total. The third-order valence-electron chi connectivity index (χ3n) is 4.67. The number of hydrogen-bond donors (Lipinski definition) is 0. The van der Waals surface area contributed by atoms with Gasteiger partial charge in [-0.2, -0.15) is 9.61 Å². The van der Waals surface area contributed by atoms with E-state index in [1.54, 1.807) is 12.3 Å². The van der Waals surface area contributed by atoms with Crippen LogP contribution in [0.1, 0.15) is 29.8 Å². The summed E-state index contributed by atoms with van der Waals surface area (Å²) < 4.78 is 30.6. The van der Waals surface area contributed by atoms with Crippen molar-refractivity contribution in [1.82, 2.24) is 19.5 Å². The van der Waals surface area contributed by atoms with Gasteiger partial charge in [-0.25, -0.2) is 13.4 Å². The summed E-state index contributed by atoms with van der Waals surface area (Å²) in [7, 11) is -3.02. The summed E-state index contributed by atoms with van der Waals surface area (Å²) in [6.07, 6.45) is 2.91. The minimum Gasteiger partial charge on any atom is -0.468 e. The van der Waals surface area contributed by atoms with Crippen LogP contribution in [0.15, 0.2) is 33.7 Å². The van der Waals surface area contributed by atoms with Gasteiger partial charge in [-0.05, 0) is 25.0 Å². The lowest BCUT2D eigenvalue weighted by molar-refractivity contribution is 0.177. The predicted molar refractivity (Wildman–Crippen MR) is 102 cm³/mol. The fourth-order valence-electron chi connectivity index (χ4n) is 3.31. The molecule has 27 heavy (non-hydrogen) atoms. The van der Waals surface area contributed by atoms with Crippen LogP contribution < -0.4 is 5.56 Å². The highest BCUT2D eigenvalue weighted by Gasteiger charge is 2.33. The second kappa shape index (κ2) is 7.17. The van der Waals surface area contributed by atoms with Gasteiger partial charge in [0.2, 0.25) is 4.96 Å². The Bertz CT molecular complexity index is 1100. The topological polar surface area (TPSA) is 97.8 Å². The largest absolute Gasteiger partial charge is 0.468 e. The highest BCUT2D eigenvalue weighted by Crippen LogP contribution is 2.22. The van der Waals surface area contributed by atoms with E-state index in [2.05, 4.69) is 10.1 Å². The van der Waals surface area contributed by atoms with E-state index in [1.165, 1.54) is 21.9 Å². The Hall–Kier alpha value is -2.04. The van der Waals surface area contributed by atoms with Crippen LogP contribution in [0.3, 0.4) is 0 Å². The minimum absolute atomic E-state index is 0.118. The first-order valence-electron chi connectivity index (χ1n) is 8.79. The fourth-order valence-corrected chi connectivity index (χ4v) is 5.93. The second-order valence-corrected chi connectivity index (χ2v) is 9.94. The molecule has 0 spiro atoms. The molecule has 10 heteroatoms. The molecule has 4 heterocycles. The third kappa shape index (κ3) is 3.97. The van der Waals surface area contributed by atoms with E-state index >= 15 is 0 Å². The Morgan fingerprint density at radius 3 is 2.93 bits per heavy atom. The van der Waals surface area contributed by atoms with E-state index < -0.39 is 9.84 Å². The lowest BCUT2D eigenvalue weighted by Crippen LogP contribution is -2.36. The number of hydrogen-bond acceptors (Lipinski definition) is 8. The van der Waals surface area contributed by atoms with Gasteiger partial charge < -0.3 is 4.42 Å². The lowest BCUT2D eigenvalue weighted by atomic mass is 10.2. The van der Waals surface area contributed by atoms with Crippen LogP contribution in [0.2, 0.25) is 0 Å². The molecule has 0 saturated carbocycles. The second-order valence-electron chi connectivity index (χ2n) is 6.67. The molecule has 8 nitrogen and oxygen atoms in total. The van der Waals surface area contributed by atoms with E-state index in [-0.39, 0.29) is 23.1 Å². The zero-order valence-corrected chi connectivity index (χ0v) is 16.5. The molecule has 1 aliphatic rings. The summed E-state index contributed by atoms with van der Waals surface area (Å²) >= 11 is 1.40. The molecule has 0 radical (unpaired) electrons. The van der Waals surface area contributed by atoms with Gasteiger partial charge in [0.1, 0.15) is 10.8 Å². The van der Waals surface area contributed by atoms with Gasteiger partial charge in [0, 0.05) is 18.7 Å². The fraction of sp³-hybridized carbons (Fsp3) is 0.471. The Morgan fingerprint density at radius 2 is 2.26 bits per heavy atom. The first-order chi connectivity index (χ1) is 12.9. The molecule has 144 valence electrons. The molecule has 3 aromatic rings. The average Bonchev–Trinajstić information content (AvgIpc) is 3.33. The van der Waals surface area contributed by atoms with Gasteiger partial charge in [-0.1, -0.05) is 18.3 Å². The molecule has 0 aliphatic carbocycles. The van der Waals surface area contributed by atoms with Crippen molar-refractivity contribution in [3.8, 4) is 0 Å². The van der Waals surface area contributed by atoms with Crippen LogP contribution in [0.5, 0.6) is 0 Å². The van der Waals surface area contributed by atoms with Crippen molar-refractivity contribution in [2.24, 2.45) is 0 Å². The van der Waals surface area contributed by atoms with Crippen LogP contribution in [-0.2, 0) is 29.3 Å². The van der Waals surface area contributed by atoms with Gasteiger partial charge in [0.25, 0.3) is 5.56 Å². The summed E-state index contributed by atoms with van der Waals surface area (Å²) in [5.41, 5.74) is 0.394. The molecule has 0 amide bonds. The molecular formula is C17H20N4O4S2. The maximum Gasteiger partial charge on any atom is 0.275 e. The van der Waals surface area contributed by atoms with Gasteiger partial charge >= 0.3 is 0 Å². The first kappa shape index (κ1) is 18.3. The predicted octanol–water partition coefficient (Wildman–Crippen LogP) is 1.50. The summed E-state index contributed by atoms with van der Waals surface area (Å²) in [6.45, 7) is 2.83. The van der Waals surface area contributed by atoms with Crippen LogP contribution in [0.25, 0.3) is 4.96 Å². The smallest absolute Gasteiger partial charge is 0.275 e. The third-order valence-corrected chi connectivity index (χ3v) is 7.47. The monoisotopic (exact) mass is 408 g/mol. The molecular weight excluding hydrogens is 388 g/mol. The molecule has 0 bridgehead atoms. The Balaban J connectivity index is 1.64. The number of fused-ring (bicyclic) bond motifs is 1. The average molecular weight is 409 g/mol. The van der Waals surface area contributed by atoms with E-state index in [4.69, 9.17) is 4.42 Å². The summed E-state index contributed by atoms with van der Waals surface area (Å²) in [4.78, 5) is 19.6. The molecule has 1 atom stereocenters. The van der Waals surface area contributed by atoms with Crippen LogP contribution >= 0.6 is 11.3 Å². The van der Waals surface area contributed by atoms with Gasteiger partial charge in [-0.3, -0.25) is 9.69 Å². The lowest BCUT2D eigenvalue weighted by Gasteiger charge is -2.26. The van der Waals surface area contributed by atoms with Crippen LogP contribution in [0.4, 0.5) is 0 Å². The van der Waals surface area contributed by atoms with Crippen LogP contribution in [0, 0.1) is 0 Å². The first-order valence-corrected chi connectivity index (χ1v) is 11.4. The van der Waals surface area contributed by atoms with Crippen molar-refractivity contribution in [3.05, 3.63) is 51.3 Å². The number of nitrogens with zero attached hydrogens (tertiary/aromatic N) is 4. The van der Waals surface area contributed by atoms with Crippen molar-refractivity contribution in [1.29, 1.82) is 0 Å². The van der Waals surface area contributed by atoms with Crippen molar-refractivity contribution in [2.45, 2.75) is 38.9 Å². The van der Waals surface area contributed by atoms with Crippen molar-refractivity contribution >= 4 is 26.1 Å². The molecule has 0 aromatic carbocycles. The zero-order valence-electron chi connectivity index (χ0n) is 14.9. The van der Waals surface area contributed by atoms with Crippen molar-refractivity contribution in [3.63, 3.8) is 0 Å². The highest BCUT2D eigenvalue weighted by atomic mass is 32.2. The SMILES string of the molecule is CCc1nn2c(=O)cc(CN(Cc3ccco3)[C@@H]3CCS(=O)(=O)C3)nc2s1. The standard InChI is InChI=1S/C17H20N4O4S2/c1-2-15-19-21-16(22)8-12(18-17(21)26-15)9-20(10-14-4-3-6-25-14)13-5-7-27(23,24)11-13/h3-4,6,8,13H,2,5,7,9-11H2,1H3/t13-/m1/s1. The molecule has 4 rings (SSSR count). The maximum atomic E-state index is 12.4. The van der Waals surface area contributed by atoms with E-state index in [0.717, 1.165) is 17.2 Å². The zero-order chi connectivity index (χ0) is 19.0. The Labute approximate surface area is 160 Å². The number of aryl methyl sites for hydroxylation is 1. The van der Waals surface area contributed by atoms with Crippen molar-refractivity contribution < 1.29 is 12.8 Å². The summed E-state index contributed by atoms with van der Waals surface area (Å²) in [6, 6.07) is 5.02. The molecule has 1 fully saturated rings.